The number of rotatable bonds is 3. The Kier molecular flexibility index (Phi) is 2.78. The largest absolute Gasteiger partial charge is 0.485 e. The van der Waals surface area contributed by atoms with E-state index in [0.717, 1.165) is 5.75 Å². The first-order valence-electron chi connectivity index (χ1n) is 5.87. The standard InChI is InChI=1S/C13H16O4/c1-10-2-4-12(5-3-10)14-9-13-15-6-11(7-16-13)8-17-13/h2-5,11H,6-9H2,1H3. The summed E-state index contributed by atoms with van der Waals surface area (Å²) in [5, 5.41) is 0. The van der Waals surface area contributed by atoms with Gasteiger partial charge in [-0.25, -0.2) is 0 Å². The van der Waals surface area contributed by atoms with Gasteiger partial charge in [-0.1, -0.05) is 17.7 Å². The number of fused-ring (bicyclic) bond motifs is 3. The Hall–Kier alpha value is -1.10. The highest BCUT2D eigenvalue weighted by Gasteiger charge is 2.45. The molecule has 4 rings (SSSR count). The summed E-state index contributed by atoms with van der Waals surface area (Å²) in [5.41, 5.74) is 1.21. The summed E-state index contributed by atoms with van der Waals surface area (Å²) >= 11 is 0. The number of aryl methyl sites for hydroxylation is 1. The predicted molar refractivity (Wildman–Crippen MR) is 60.8 cm³/mol. The molecule has 0 spiro atoms. The van der Waals surface area contributed by atoms with E-state index in [9.17, 15) is 0 Å². The monoisotopic (exact) mass is 236 g/mol. The molecule has 2 bridgehead atoms. The molecule has 0 radical (unpaired) electrons. The molecular formula is C13H16O4. The first-order chi connectivity index (χ1) is 8.26. The molecule has 3 heterocycles. The van der Waals surface area contributed by atoms with Crippen LogP contribution in [-0.2, 0) is 14.2 Å². The Balaban J connectivity index is 1.61. The molecule has 3 aliphatic rings. The van der Waals surface area contributed by atoms with Crippen LogP contribution in [0, 0.1) is 12.8 Å². The first kappa shape index (κ1) is 11.0. The Morgan fingerprint density at radius 1 is 1.12 bits per heavy atom. The smallest absolute Gasteiger partial charge is 0.319 e. The second kappa shape index (κ2) is 4.29. The molecule has 0 unspecified atom stereocenters. The van der Waals surface area contributed by atoms with Gasteiger partial charge in [0.2, 0.25) is 0 Å². The zero-order chi connectivity index (χ0) is 11.7. The maximum Gasteiger partial charge on any atom is 0.319 e. The van der Waals surface area contributed by atoms with Gasteiger partial charge in [-0.15, -0.1) is 0 Å². The number of ether oxygens (including phenoxy) is 4. The number of hydrogen-bond donors (Lipinski definition) is 0. The highest BCUT2D eigenvalue weighted by molar-refractivity contribution is 5.26. The summed E-state index contributed by atoms with van der Waals surface area (Å²) in [7, 11) is 0. The summed E-state index contributed by atoms with van der Waals surface area (Å²) in [6, 6.07) is 7.88. The quantitative estimate of drug-likeness (QED) is 0.800. The van der Waals surface area contributed by atoms with Crippen LogP contribution in [-0.4, -0.2) is 32.4 Å². The third kappa shape index (κ3) is 2.29. The number of hydrogen-bond acceptors (Lipinski definition) is 4. The molecule has 1 aromatic carbocycles. The van der Waals surface area contributed by atoms with Crippen molar-refractivity contribution in [2.75, 3.05) is 26.4 Å². The van der Waals surface area contributed by atoms with Gasteiger partial charge < -0.3 is 18.9 Å². The van der Waals surface area contributed by atoms with Crippen LogP contribution in [0.2, 0.25) is 0 Å². The third-order valence-electron chi connectivity index (χ3n) is 3.05. The van der Waals surface area contributed by atoms with Gasteiger partial charge in [0.05, 0.1) is 19.8 Å². The molecule has 3 fully saturated rings. The molecule has 0 aliphatic carbocycles. The van der Waals surface area contributed by atoms with Gasteiger partial charge in [0, 0.05) is 5.92 Å². The van der Waals surface area contributed by atoms with E-state index >= 15 is 0 Å². The van der Waals surface area contributed by atoms with Gasteiger partial charge in [0.1, 0.15) is 5.75 Å². The second-order valence-corrected chi connectivity index (χ2v) is 4.58. The van der Waals surface area contributed by atoms with Crippen molar-refractivity contribution in [3.8, 4) is 5.75 Å². The number of benzene rings is 1. The first-order valence-corrected chi connectivity index (χ1v) is 5.87. The SMILES string of the molecule is Cc1ccc(OCC23OCC(CO2)CO3)cc1. The lowest BCUT2D eigenvalue weighted by Gasteiger charge is -2.44. The van der Waals surface area contributed by atoms with Gasteiger partial charge >= 0.3 is 5.97 Å². The molecule has 0 N–H and O–H groups in total. The normalized spacial score (nSPS) is 31.5. The van der Waals surface area contributed by atoms with E-state index in [-0.39, 0.29) is 6.61 Å². The van der Waals surface area contributed by atoms with Gasteiger partial charge in [0.25, 0.3) is 0 Å². The summed E-state index contributed by atoms with van der Waals surface area (Å²) in [4.78, 5) is 0. The topological polar surface area (TPSA) is 36.9 Å². The third-order valence-corrected chi connectivity index (χ3v) is 3.05. The molecule has 1 aromatic rings. The Labute approximate surface area is 100 Å². The van der Waals surface area contributed by atoms with Crippen molar-refractivity contribution in [2.24, 2.45) is 5.92 Å². The van der Waals surface area contributed by atoms with E-state index in [4.69, 9.17) is 18.9 Å². The van der Waals surface area contributed by atoms with Gasteiger partial charge in [-0.05, 0) is 19.1 Å². The van der Waals surface area contributed by atoms with E-state index in [2.05, 4.69) is 0 Å². The van der Waals surface area contributed by atoms with Gasteiger partial charge in [-0.3, -0.25) is 0 Å². The van der Waals surface area contributed by atoms with Crippen molar-refractivity contribution >= 4 is 0 Å². The van der Waals surface area contributed by atoms with Crippen LogP contribution in [0.25, 0.3) is 0 Å². The minimum Gasteiger partial charge on any atom is -0.485 e. The van der Waals surface area contributed by atoms with Gasteiger partial charge in [-0.2, -0.15) is 0 Å². The molecular weight excluding hydrogens is 220 g/mol. The maximum atomic E-state index is 5.64. The molecule has 0 atom stereocenters. The highest BCUT2D eigenvalue weighted by atomic mass is 16.9. The average Bonchev–Trinajstić information content (AvgIpc) is 2.40. The molecule has 92 valence electrons. The highest BCUT2D eigenvalue weighted by Crippen LogP contribution is 2.30. The maximum absolute atomic E-state index is 5.64. The Bertz CT molecular complexity index is 365. The van der Waals surface area contributed by atoms with E-state index in [1.54, 1.807) is 0 Å². The van der Waals surface area contributed by atoms with Crippen molar-refractivity contribution in [1.29, 1.82) is 0 Å². The molecule has 0 amide bonds. The summed E-state index contributed by atoms with van der Waals surface area (Å²) < 4.78 is 22.3. The fourth-order valence-corrected chi connectivity index (χ4v) is 1.94. The average molecular weight is 236 g/mol. The van der Waals surface area contributed by atoms with Crippen molar-refractivity contribution in [1.82, 2.24) is 0 Å². The second-order valence-electron chi connectivity index (χ2n) is 4.58. The van der Waals surface area contributed by atoms with Crippen LogP contribution in [0.15, 0.2) is 24.3 Å². The van der Waals surface area contributed by atoms with Crippen molar-refractivity contribution in [2.45, 2.75) is 12.9 Å². The lowest BCUT2D eigenvalue weighted by molar-refractivity contribution is -0.453. The van der Waals surface area contributed by atoms with Gasteiger partial charge in [0.15, 0.2) is 6.61 Å². The molecule has 17 heavy (non-hydrogen) atoms. The lowest BCUT2D eigenvalue weighted by Crippen LogP contribution is -2.57. The molecule has 4 heteroatoms. The lowest BCUT2D eigenvalue weighted by atomic mass is 10.1. The van der Waals surface area contributed by atoms with Crippen molar-refractivity contribution < 1.29 is 18.9 Å². The fraction of sp³-hybridized carbons (Fsp3) is 0.538. The van der Waals surface area contributed by atoms with Crippen LogP contribution in [0.5, 0.6) is 5.75 Å². The van der Waals surface area contributed by atoms with E-state index in [1.807, 2.05) is 31.2 Å². The molecule has 3 saturated heterocycles. The Morgan fingerprint density at radius 3 is 2.29 bits per heavy atom. The van der Waals surface area contributed by atoms with Crippen LogP contribution in [0.1, 0.15) is 5.56 Å². The van der Waals surface area contributed by atoms with E-state index in [1.165, 1.54) is 5.56 Å². The molecule has 3 aliphatic heterocycles. The van der Waals surface area contributed by atoms with E-state index in [0.29, 0.717) is 25.7 Å². The fourth-order valence-electron chi connectivity index (χ4n) is 1.94. The Morgan fingerprint density at radius 2 is 1.71 bits per heavy atom. The van der Waals surface area contributed by atoms with Crippen molar-refractivity contribution in [3.05, 3.63) is 29.8 Å². The summed E-state index contributed by atoms with van der Waals surface area (Å²) in [6.45, 7) is 4.38. The molecule has 4 nitrogen and oxygen atoms in total. The molecule has 0 aromatic heterocycles. The van der Waals surface area contributed by atoms with Crippen LogP contribution in [0.3, 0.4) is 0 Å². The van der Waals surface area contributed by atoms with Crippen LogP contribution < -0.4 is 4.74 Å². The van der Waals surface area contributed by atoms with Crippen molar-refractivity contribution in [3.63, 3.8) is 0 Å². The van der Waals surface area contributed by atoms with Crippen LogP contribution >= 0.6 is 0 Å². The zero-order valence-electron chi connectivity index (χ0n) is 9.85. The summed E-state index contributed by atoms with van der Waals surface area (Å²) in [6.07, 6.45) is 0. The minimum atomic E-state index is -0.986. The summed E-state index contributed by atoms with van der Waals surface area (Å²) in [5.74, 6) is 0.185. The molecule has 0 saturated carbocycles. The zero-order valence-corrected chi connectivity index (χ0v) is 9.85. The van der Waals surface area contributed by atoms with Crippen LogP contribution in [0.4, 0.5) is 0 Å². The minimum absolute atomic E-state index is 0.267. The predicted octanol–water partition coefficient (Wildman–Crippen LogP) is 1.72. The van der Waals surface area contributed by atoms with E-state index < -0.39 is 5.97 Å².